The molecule has 2 rings (SSSR count). The van der Waals surface area contributed by atoms with Crippen molar-refractivity contribution in [2.45, 2.75) is 30.8 Å². The quantitative estimate of drug-likeness (QED) is 0.659. The molecule has 0 aliphatic carbocycles. The number of fused-ring (bicyclic) bond motifs is 1. The Hall–Kier alpha value is -1.74. The molecule has 1 N–H and O–H groups in total. The first kappa shape index (κ1) is 17.6. The number of hydrogen-bond donors (Lipinski definition) is 1. The Bertz CT molecular complexity index is 872. The molecule has 0 spiro atoms. The van der Waals surface area contributed by atoms with Gasteiger partial charge in [-0.05, 0) is 24.1 Å². The fourth-order valence-electron chi connectivity index (χ4n) is 2.47. The van der Waals surface area contributed by atoms with Crippen molar-refractivity contribution in [3.8, 4) is 0 Å². The first-order valence-corrected chi connectivity index (χ1v) is 7.90. The summed E-state index contributed by atoms with van der Waals surface area (Å²) in [4.78, 5) is -0.975. The molecule has 2 aromatic rings. The van der Waals surface area contributed by atoms with E-state index in [2.05, 4.69) is 0 Å². The first-order valence-electron chi connectivity index (χ1n) is 6.46. The fraction of sp³-hybridized carbons (Fsp3) is 0.286. The van der Waals surface area contributed by atoms with Gasteiger partial charge in [0, 0.05) is 10.8 Å². The highest BCUT2D eigenvalue weighted by molar-refractivity contribution is 7.86. The molecule has 0 bridgehead atoms. The summed E-state index contributed by atoms with van der Waals surface area (Å²) in [6, 6.07) is 1.55. The third kappa shape index (κ3) is 3.16. The molecule has 0 saturated heterocycles. The maximum absolute atomic E-state index is 14.1. The van der Waals surface area contributed by atoms with Crippen molar-refractivity contribution in [1.82, 2.24) is 0 Å². The molecule has 126 valence electrons. The van der Waals surface area contributed by atoms with E-state index in [1.54, 1.807) is 6.92 Å². The van der Waals surface area contributed by atoms with Crippen molar-refractivity contribution >= 4 is 20.9 Å². The summed E-state index contributed by atoms with van der Waals surface area (Å²) in [7, 11) is -4.94. The zero-order valence-corrected chi connectivity index (χ0v) is 12.5. The lowest BCUT2D eigenvalue weighted by molar-refractivity contribution is -0.138. The molecule has 0 aliphatic rings. The van der Waals surface area contributed by atoms with Crippen LogP contribution in [0, 0.1) is 11.6 Å². The molecule has 0 heterocycles. The van der Waals surface area contributed by atoms with Crippen molar-refractivity contribution in [1.29, 1.82) is 0 Å². The van der Waals surface area contributed by atoms with Gasteiger partial charge in [-0.25, -0.2) is 8.78 Å². The van der Waals surface area contributed by atoms with Crippen LogP contribution in [-0.2, 0) is 22.7 Å². The van der Waals surface area contributed by atoms with Gasteiger partial charge in [0.25, 0.3) is 10.1 Å². The molecular formula is C14H11F5O3S. The van der Waals surface area contributed by atoms with E-state index in [0.29, 0.717) is 12.1 Å². The van der Waals surface area contributed by atoms with Gasteiger partial charge in [-0.1, -0.05) is 19.4 Å². The molecule has 0 amide bonds. The molecule has 3 nitrogen and oxygen atoms in total. The maximum Gasteiger partial charge on any atom is 0.416 e. The van der Waals surface area contributed by atoms with Crippen molar-refractivity contribution in [2.75, 3.05) is 0 Å². The summed E-state index contributed by atoms with van der Waals surface area (Å²) < 4.78 is 98.7. The zero-order valence-electron chi connectivity index (χ0n) is 11.7. The van der Waals surface area contributed by atoms with E-state index in [1.807, 2.05) is 0 Å². The standard InChI is InChI=1S/C14H11F5O3S/c1-2-3-7-9(14(17,18)19)5-4-8-11(23(20,21)22)6-10(15)13(16)12(7)8/h4-6H,2-3H2,1H3,(H,20,21,22). The molecule has 2 aromatic carbocycles. The molecule has 0 saturated carbocycles. The van der Waals surface area contributed by atoms with Crippen LogP contribution in [0.3, 0.4) is 0 Å². The van der Waals surface area contributed by atoms with Gasteiger partial charge in [-0.2, -0.15) is 21.6 Å². The van der Waals surface area contributed by atoms with E-state index in [-0.39, 0.29) is 18.9 Å². The van der Waals surface area contributed by atoms with E-state index in [0.717, 1.165) is 0 Å². The van der Waals surface area contributed by atoms with Gasteiger partial charge in [0.05, 0.1) is 5.56 Å². The highest BCUT2D eigenvalue weighted by Crippen LogP contribution is 2.39. The Kier molecular flexibility index (Phi) is 4.38. The summed E-state index contributed by atoms with van der Waals surface area (Å²) in [6.45, 7) is 1.54. The SMILES string of the molecule is CCCc1c(C(F)(F)F)ccc2c(S(=O)(=O)O)cc(F)c(F)c12. The predicted octanol–water partition coefficient (Wildman–Crippen LogP) is 4.34. The van der Waals surface area contributed by atoms with Crippen LogP contribution in [0.2, 0.25) is 0 Å². The van der Waals surface area contributed by atoms with E-state index >= 15 is 0 Å². The molecule has 0 aromatic heterocycles. The van der Waals surface area contributed by atoms with E-state index in [4.69, 9.17) is 4.55 Å². The van der Waals surface area contributed by atoms with Gasteiger partial charge in [0.15, 0.2) is 11.6 Å². The summed E-state index contributed by atoms with van der Waals surface area (Å²) in [6.07, 6.45) is -4.85. The van der Waals surface area contributed by atoms with Crippen LogP contribution in [0.1, 0.15) is 24.5 Å². The smallest absolute Gasteiger partial charge is 0.282 e. The second-order valence-corrected chi connectivity index (χ2v) is 6.30. The van der Waals surface area contributed by atoms with Crippen LogP contribution in [0.5, 0.6) is 0 Å². The summed E-state index contributed by atoms with van der Waals surface area (Å²) in [5, 5.41) is -1.28. The highest BCUT2D eigenvalue weighted by atomic mass is 32.2. The van der Waals surface area contributed by atoms with E-state index in [9.17, 15) is 30.4 Å². The zero-order chi connectivity index (χ0) is 17.6. The molecule has 23 heavy (non-hydrogen) atoms. The monoisotopic (exact) mass is 354 g/mol. The molecule has 0 atom stereocenters. The fourth-order valence-corrected chi connectivity index (χ4v) is 3.17. The van der Waals surface area contributed by atoms with Gasteiger partial charge in [0.1, 0.15) is 4.90 Å². The second kappa shape index (κ2) is 5.72. The van der Waals surface area contributed by atoms with Gasteiger partial charge in [-0.15, -0.1) is 0 Å². The van der Waals surface area contributed by atoms with E-state index in [1.165, 1.54) is 0 Å². The predicted molar refractivity (Wildman–Crippen MR) is 72.7 cm³/mol. The lowest BCUT2D eigenvalue weighted by Crippen LogP contribution is -2.12. The number of aryl methyl sites for hydroxylation is 1. The van der Waals surface area contributed by atoms with Crippen molar-refractivity contribution < 1.29 is 34.9 Å². The molecule has 0 unspecified atom stereocenters. The maximum atomic E-state index is 14.1. The Morgan fingerprint density at radius 3 is 2.26 bits per heavy atom. The average molecular weight is 354 g/mol. The highest BCUT2D eigenvalue weighted by Gasteiger charge is 2.35. The Morgan fingerprint density at radius 2 is 1.78 bits per heavy atom. The number of benzene rings is 2. The van der Waals surface area contributed by atoms with Crippen LogP contribution < -0.4 is 0 Å². The average Bonchev–Trinajstić information content (AvgIpc) is 2.40. The minimum atomic E-state index is -4.94. The number of rotatable bonds is 3. The molecule has 0 radical (unpaired) electrons. The molecule has 0 aliphatic heterocycles. The lowest BCUT2D eigenvalue weighted by Gasteiger charge is -2.17. The molecular weight excluding hydrogens is 343 g/mol. The van der Waals surface area contributed by atoms with Crippen LogP contribution in [0.4, 0.5) is 22.0 Å². The Balaban J connectivity index is 3.07. The van der Waals surface area contributed by atoms with Crippen LogP contribution in [0.15, 0.2) is 23.1 Å². The Morgan fingerprint density at radius 1 is 1.17 bits per heavy atom. The van der Waals surface area contributed by atoms with Crippen LogP contribution >= 0.6 is 0 Å². The van der Waals surface area contributed by atoms with Crippen molar-refractivity contribution in [3.63, 3.8) is 0 Å². The summed E-state index contributed by atoms with van der Waals surface area (Å²) >= 11 is 0. The lowest BCUT2D eigenvalue weighted by atomic mass is 9.94. The summed E-state index contributed by atoms with van der Waals surface area (Å²) in [5.41, 5.74) is -1.71. The third-order valence-electron chi connectivity index (χ3n) is 3.35. The minimum absolute atomic E-state index is 0.194. The normalized spacial score (nSPS) is 12.8. The number of alkyl halides is 3. The van der Waals surface area contributed by atoms with E-state index < -0.39 is 54.7 Å². The largest absolute Gasteiger partial charge is 0.416 e. The number of hydrogen-bond acceptors (Lipinski definition) is 2. The van der Waals surface area contributed by atoms with Gasteiger partial charge < -0.3 is 0 Å². The molecule has 9 heteroatoms. The van der Waals surface area contributed by atoms with Crippen LogP contribution in [0.25, 0.3) is 10.8 Å². The summed E-state index contributed by atoms with van der Waals surface area (Å²) in [5.74, 6) is -3.23. The van der Waals surface area contributed by atoms with Gasteiger partial charge >= 0.3 is 6.18 Å². The van der Waals surface area contributed by atoms with Crippen LogP contribution in [-0.4, -0.2) is 13.0 Å². The number of halogens is 5. The second-order valence-electron chi connectivity index (χ2n) is 4.91. The first-order chi connectivity index (χ1) is 10.5. The Labute approximate surface area is 128 Å². The minimum Gasteiger partial charge on any atom is -0.282 e. The topological polar surface area (TPSA) is 54.4 Å². The third-order valence-corrected chi connectivity index (χ3v) is 4.24. The van der Waals surface area contributed by atoms with Gasteiger partial charge in [-0.3, -0.25) is 4.55 Å². The van der Waals surface area contributed by atoms with Crippen molar-refractivity contribution in [2.24, 2.45) is 0 Å². The van der Waals surface area contributed by atoms with Gasteiger partial charge in [0.2, 0.25) is 0 Å². The van der Waals surface area contributed by atoms with Crippen molar-refractivity contribution in [3.05, 3.63) is 41.0 Å². The molecule has 0 fully saturated rings.